The van der Waals surface area contributed by atoms with E-state index in [1.807, 2.05) is 12.3 Å². The van der Waals surface area contributed by atoms with Gasteiger partial charge < -0.3 is 10.1 Å². The van der Waals surface area contributed by atoms with Gasteiger partial charge in [-0.05, 0) is 25.8 Å². The molecule has 6 nitrogen and oxygen atoms in total. The first kappa shape index (κ1) is 18.5. The molecule has 140 valence electrons. The zero-order valence-electron chi connectivity index (χ0n) is 14.5. The van der Waals surface area contributed by atoms with Crippen molar-refractivity contribution >= 4 is 28.9 Å². The molecule has 0 bridgehead atoms. The Morgan fingerprint density at radius 2 is 2.04 bits per heavy atom. The van der Waals surface area contributed by atoms with E-state index in [1.54, 1.807) is 12.1 Å². The second-order valence-corrected chi connectivity index (χ2v) is 7.17. The third-order valence-corrected chi connectivity index (χ3v) is 5.15. The zero-order chi connectivity index (χ0) is 18.7. The van der Waals surface area contributed by atoms with Crippen LogP contribution in [-0.2, 0) is 4.74 Å². The average Bonchev–Trinajstić information content (AvgIpc) is 3.03. The molecule has 26 heavy (non-hydrogen) atoms. The van der Waals surface area contributed by atoms with Crippen molar-refractivity contribution in [1.82, 2.24) is 9.97 Å². The quantitative estimate of drug-likeness (QED) is 0.803. The van der Waals surface area contributed by atoms with Crippen molar-refractivity contribution in [1.29, 1.82) is 0 Å². The van der Waals surface area contributed by atoms with E-state index < -0.39 is 12.0 Å². The summed E-state index contributed by atoms with van der Waals surface area (Å²) < 4.78 is 31.3. The Kier molecular flexibility index (Phi) is 5.36. The molecular weight excluding hydrogens is 362 g/mol. The number of amides is 1. The average molecular weight is 382 g/mol. The number of pyridine rings is 1. The molecule has 0 aromatic carbocycles. The van der Waals surface area contributed by atoms with Crippen molar-refractivity contribution in [2.24, 2.45) is 0 Å². The first-order chi connectivity index (χ1) is 12.3. The van der Waals surface area contributed by atoms with Crippen LogP contribution in [0.3, 0.4) is 0 Å². The number of anilines is 2. The number of carbonyl (C=O) groups excluding carboxylic acids is 1. The number of nitrogens with zero attached hydrogens (tertiary/aromatic N) is 2. The number of ether oxygens (including phenoxy) is 1. The van der Waals surface area contributed by atoms with Gasteiger partial charge in [0.2, 0.25) is 5.92 Å². The summed E-state index contributed by atoms with van der Waals surface area (Å²) in [6, 6.07) is 3.28. The summed E-state index contributed by atoms with van der Waals surface area (Å²) in [6.07, 6.45) is -0.128. The van der Waals surface area contributed by atoms with Crippen LogP contribution in [-0.4, -0.2) is 35.1 Å². The van der Waals surface area contributed by atoms with Gasteiger partial charge in [-0.15, -0.1) is 11.3 Å². The molecule has 2 N–H and O–H groups in total. The maximum Gasteiger partial charge on any atom is 0.411 e. The predicted octanol–water partition coefficient (Wildman–Crippen LogP) is 4.68. The molecule has 1 amide bonds. The van der Waals surface area contributed by atoms with E-state index in [-0.39, 0.29) is 18.9 Å². The predicted molar refractivity (Wildman–Crippen MR) is 96.9 cm³/mol. The molecule has 9 heteroatoms. The molecule has 2 aromatic heterocycles. The Morgan fingerprint density at radius 1 is 1.31 bits per heavy atom. The molecule has 0 spiro atoms. The number of alkyl halides is 2. The Hall–Kier alpha value is -2.29. The Morgan fingerprint density at radius 3 is 2.65 bits per heavy atom. The number of nitrogens with one attached hydrogen (secondary N) is 2. The van der Waals surface area contributed by atoms with Gasteiger partial charge in [0.25, 0.3) is 0 Å². The highest BCUT2D eigenvalue weighted by Gasteiger charge is 2.35. The number of thiazole rings is 1. The lowest BCUT2D eigenvalue weighted by atomic mass is 9.92. The summed E-state index contributed by atoms with van der Waals surface area (Å²) in [5.74, 6) is -2.07. The molecule has 1 fully saturated rings. The minimum Gasteiger partial charge on any atom is -0.453 e. The minimum atomic E-state index is -2.58. The van der Waals surface area contributed by atoms with Gasteiger partial charge in [-0.25, -0.2) is 23.5 Å². The number of rotatable bonds is 4. The molecule has 0 saturated heterocycles. The lowest BCUT2D eigenvalue weighted by Gasteiger charge is -2.29. The highest BCUT2D eigenvalue weighted by Crippen LogP contribution is 2.35. The van der Waals surface area contributed by atoms with Gasteiger partial charge in [0.15, 0.2) is 0 Å². The van der Waals surface area contributed by atoms with Crippen LogP contribution in [0.2, 0.25) is 0 Å². The molecule has 0 atom stereocenters. The maximum absolute atomic E-state index is 13.3. The molecule has 1 aliphatic carbocycles. The number of carbonyl (C=O) groups is 1. The summed E-state index contributed by atoms with van der Waals surface area (Å²) >= 11 is 1.45. The first-order valence-corrected chi connectivity index (χ1v) is 9.16. The van der Waals surface area contributed by atoms with Crippen molar-refractivity contribution in [3.63, 3.8) is 0 Å². The molecule has 2 heterocycles. The fourth-order valence-electron chi connectivity index (χ4n) is 2.82. The van der Waals surface area contributed by atoms with E-state index in [0.29, 0.717) is 35.0 Å². The number of aromatic nitrogens is 2. The van der Waals surface area contributed by atoms with Crippen LogP contribution in [0.25, 0.3) is 10.7 Å². The van der Waals surface area contributed by atoms with E-state index >= 15 is 0 Å². The number of halogens is 2. The van der Waals surface area contributed by atoms with E-state index in [0.717, 1.165) is 5.69 Å². The standard InChI is InChI=1S/C17H20F2N4O2S/c1-10-9-26-15(20-10)13-7-12(22-16(24)25-2)8-14(23-13)21-11-3-5-17(18,19)6-4-11/h7-9,11H,3-6H2,1-2H3,(H2,21,22,23,24). The van der Waals surface area contributed by atoms with Gasteiger partial charge in [0.05, 0.1) is 7.11 Å². The normalized spacial score (nSPS) is 16.9. The molecule has 0 radical (unpaired) electrons. The van der Waals surface area contributed by atoms with Crippen molar-refractivity contribution in [3.05, 3.63) is 23.2 Å². The van der Waals surface area contributed by atoms with Gasteiger partial charge in [-0.2, -0.15) is 0 Å². The molecule has 0 unspecified atom stereocenters. The number of aryl methyl sites for hydroxylation is 1. The maximum atomic E-state index is 13.3. The largest absolute Gasteiger partial charge is 0.453 e. The molecule has 2 aromatic rings. The molecule has 3 rings (SSSR count). The van der Waals surface area contributed by atoms with Crippen LogP contribution in [0.1, 0.15) is 31.4 Å². The molecule has 0 aliphatic heterocycles. The fraction of sp³-hybridized carbons (Fsp3) is 0.471. The topological polar surface area (TPSA) is 76.1 Å². The second kappa shape index (κ2) is 7.53. The van der Waals surface area contributed by atoms with Gasteiger partial charge in [0, 0.05) is 41.7 Å². The number of hydrogen-bond donors (Lipinski definition) is 2. The van der Waals surface area contributed by atoms with Crippen molar-refractivity contribution in [3.8, 4) is 10.7 Å². The second-order valence-electron chi connectivity index (χ2n) is 6.31. The van der Waals surface area contributed by atoms with Gasteiger partial charge in [-0.1, -0.05) is 0 Å². The third-order valence-electron chi connectivity index (χ3n) is 4.16. The van der Waals surface area contributed by atoms with Gasteiger partial charge in [-0.3, -0.25) is 5.32 Å². The lowest BCUT2D eigenvalue weighted by Crippen LogP contribution is -2.32. The fourth-order valence-corrected chi connectivity index (χ4v) is 3.58. The van der Waals surface area contributed by atoms with Crippen molar-refractivity contribution < 1.29 is 18.3 Å². The minimum absolute atomic E-state index is 0.0821. The van der Waals surface area contributed by atoms with Crippen LogP contribution < -0.4 is 10.6 Å². The zero-order valence-corrected chi connectivity index (χ0v) is 15.3. The van der Waals surface area contributed by atoms with E-state index in [2.05, 4.69) is 25.3 Å². The summed E-state index contributed by atoms with van der Waals surface area (Å²) in [5, 5.41) is 8.45. The summed E-state index contributed by atoms with van der Waals surface area (Å²) in [4.78, 5) is 20.5. The number of methoxy groups -OCH3 is 1. The smallest absolute Gasteiger partial charge is 0.411 e. The first-order valence-electron chi connectivity index (χ1n) is 8.28. The monoisotopic (exact) mass is 382 g/mol. The van der Waals surface area contributed by atoms with Crippen LogP contribution >= 0.6 is 11.3 Å². The Bertz CT molecular complexity index is 787. The summed E-state index contributed by atoms with van der Waals surface area (Å²) in [7, 11) is 1.28. The Balaban J connectivity index is 1.83. The van der Waals surface area contributed by atoms with E-state index in [9.17, 15) is 13.6 Å². The molecule has 1 aliphatic rings. The third kappa shape index (κ3) is 4.66. The molecular formula is C17H20F2N4O2S. The van der Waals surface area contributed by atoms with E-state index in [1.165, 1.54) is 18.4 Å². The summed E-state index contributed by atoms with van der Waals surface area (Å²) in [6.45, 7) is 1.89. The van der Waals surface area contributed by atoms with Crippen LogP contribution in [0.5, 0.6) is 0 Å². The molecule has 1 saturated carbocycles. The summed E-state index contributed by atoms with van der Waals surface area (Å²) in [5.41, 5.74) is 1.97. The van der Waals surface area contributed by atoms with Crippen LogP contribution in [0.15, 0.2) is 17.5 Å². The number of hydrogen-bond acceptors (Lipinski definition) is 6. The SMILES string of the molecule is COC(=O)Nc1cc(NC2CCC(F)(F)CC2)nc(-c2nc(C)cs2)c1. The van der Waals surface area contributed by atoms with Gasteiger partial charge in [0.1, 0.15) is 16.5 Å². The van der Waals surface area contributed by atoms with Gasteiger partial charge >= 0.3 is 6.09 Å². The highest BCUT2D eigenvalue weighted by atomic mass is 32.1. The lowest BCUT2D eigenvalue weighted by molar-refractivity contribution is -0.0361. The van der Waals surface area contributed by atoms with Crippen LogP contribution in [0.4, 0.5) is 25.1 Å². The van der Waals surface area contributed by atoms with Crippen molar-refractivity contribution in [2.75, 3.05) is 17.7 Å². The van der Waals surface area contributed by atoms with Crippen molar-refractivity contribution in [2.45, 2.75) is 44.6 Å². The Labute approximate surface area is 154 Å². The highest BCUT2D eigenvalue weighted by molar-refractivity contribution is 7.13. The van der Waals surface area contributed by atoms with E-state index in [4.69, 9.17) is 0 Å². The van der Waals surface area contributed by atoms with Crippen LogP contribution in [0, 0.1) is 6.92 Å².